The maximum atomic E-state index is 9.74. The summed E-state index contributed by atoms with van der Waals surface area (Å²) in [7, 11) is 0. The van der Waals surface area contributed by atoms with Crippen LogP contribution in [0, 0.1) is 0 Å². The summed E-state index contributed by atoms with van der Waals surface area (Å²) < 4.78 is 2.34. The molecule has 128 valence electrons. The number of hydrogen-bond donors (Lipinski definition) is 1. The standard InChI is InChI=1S/C18H23ClN4O/c1-12-17-20-21-18(14-4-2-3-5-14)23(17)7-6-22(12)11-13-8-15(19)10-16(24)9-13/h8-10,12,14,24H,2-7,11H2,1H3. The van der Waals surface area contributed by atoms with Crippen molar-refractivity contribution in [3.63, 3.8) is 0 Å². The first-order valence-electron chi connectivity index (χ1n) is 8.77. The number of fused-ring (bicyclic) bond motifs is 1. The smallest absolute Gasteiger partial charge is 0.150 e. The van der Waals surface area contributed by atoms with Gasteiger partial charge in [0.2, 0.25) is 0 Å². The predicted molar refractivity (Wildman–Crippen MR) is 93.2 cm³/mol. The van der Waals surface area contributed by atoms with Gasteiger partial charge in [0.1, 0.15) is 17.4 Å². The highest BCUT2D eigenvalue weighted by Gasteiger charge is 2.31. The van der Waals surface area contributed by atoms with E-state index < -0.39 is 0 Å². The summed E-state index contributed by atoms with van der Waals surface area (Å²) in [5.41, 5.74) is 1.02. The van der Waals surface area contributed by atoms with E-state index in [0.29, 0.717) is 10.9 Å². The molecule has 1 saturated carbocycles. The van der Waals surface area contributed by atoms with Crippen LogP contribution in [0.2, 0.25) is 5.02 Å². The zero-order valence-electron chi connectivity index (χ0n) is 14.0. The molecule has 1 atom stereocenters. The van der Waals surface area contributed by atoms with E-state index in [1.807, 2.05) is 6.07 Å². The number of rotatable bonds is 3. The Balaban J connectivity index is 1.54. The minimum atomic E-state index is 0.211. The van der Waals surface area contributed by atoms with E-state index in [9.17, 15) is 5.11 Å². The van der Waals surface area contributed by atoms with Crippen LogP contribution in [0.1, 0.15) is 61.8 Å². The summed E-state index contributed by atoms with van der Waals surface area (Å²) in [6.45, 7) is 4.83. The first-order chi connectivity index (χ1) is 11.6. The molecule has 0 radical (unpaired) electrons. The Morgan fingerprint density at radius 3 is 2.62 bits per heavy atom. The maximum absolute atomic E-state index is 9.74. The SMILES string of the molecule is CC1c2nnc(C3CCCC3)n2CCN1Cc1cc(O)cc(Cl)c1. The average molecular weight is 347 g/mol. The van der Waals surface area contributed by atoms with E-state index in [-0.39, 0.29) is 11.8 Å². The van der Waals surface area contributed by atoms with Gasteiger partial charge < -0.3 is 9.67 Å². The lowest BCUT2D eigenvalue weighted by Gasteiger charge is -2.34. The number of halogens is 1. The van der Waals surface area contributed by atoms with Crippen molar-refractivity contribution in [2.75, 3.05) is 6.54 Å². The molecule has 5 nitrogen and oxygen atoms in total. The van der Waals surface area contributed by atoms with Gasteiger partial charge in [-0.1, -0.05) is 24.4 Å². The summed E-state index contributed by atoms with van der Waals surface area (Å²) in [4.78, 5) is 2.37. The van der Waals surface area contributed by atoms with Crippen molar-refractivity contribution in [3.8, 4) is 5.75 Å². The monoisotopic (exact) mass is 346 g/mol. The third kappa shape index (κ3) is 2.91. The second kappa shape index (κ2) is 6.37. The molecule has 1 aromatic carbocycles. The minimum Gasteiger partial charge on any atom is -0.508 e. The van der Waals surface area contributed by atoms with Crippen molar-refractivity contribution < 1.29 is 5.11 Å². The summed E-state index contributed by atoms with van der Waals surface area (Å²) >= 11 is 6.06. The zero-order valence-corrected chi connectivity index (χ0v) is 14.7. The van der Waals surface area contributed by atoms with Crippen LogP contribution in [0.15, 0.2) is 18.2 Å². The molecule has 1 fully saturated rings. The maximum Gasteiger partial charge on any atom is 0.150 e. The van der Waals surface area contributed by atoms with Crippen molar-refractivity contribution in [3.05, 3.63) is 40.4 Å². The Bertz CT molecular complexity index is 718. The van der Waals surface area contributed by atoms with E-state index in [4.69, 9.17) is 11.6 Å². The fraction of sp³-hybridized carbons (Fsp3) is 0.556. The number of phenols is 1. The van der Waals surface area contributed by atoms with Crippen molar-refractivity contribution in [1.82, 2.24) is 19.7 Å². The normalized spacial score (nSPS) is 22.0. The molecule has 0 saturated heterocycles. The molecule has 24 heavy (non-hydrogen) atoms. The topological polar surface area (TPSA) is 54.2 Å². The van der Waals surface area contributed by atoms with E-state index in [0.717, 1.165) is 31.0 Å². The van der Waals surface area contributed by atoms with Crippen molar-refractivity contribution >= 4 is 11.6 Å². The quantitative estimate of drug-likeness (QED) is 0.916. The van der Waals surface area contributed by atoms with E-state index in [1.54, 1.807) is 12.1 Å². The average Bonchev–Trinajstić information content (AvgIpc) is 3.18. The summed E-state index contributed by atoms with van der Waals surface area (Å²) in [5, 5.41) is 19.3. The Labute approximate surface area is 147 Å². The van der Waals surface area contributed by atoms with Crippen LogP contribution < -0.4 is 0 Å². The van der Waals surface area contributed by atoms with Crippen LogP contribution in [-0.4, -0.2) is 31.3 Å². The van der Waals surface area contributed by atoms with Crippen LogP contribution in [0.4, 0.5) is 0 Å². The Morgan fingerprint density at radius 1 is 1.12 bits per heavy atom. The lowest BCUT2D eigenvalue weighted by Crippen LogP contribution is -2.37. The Kier molecular flexibility index (Phi) is 4.22. The molecule has 4 rings (SSSR count). The molecule has 1 aliphatic carbocycles. The Morgan fingerprint density at radius 2 is 1.88 bits per heavy atom. The third-order valence-corrected chi connectivity index (χ3v) is 5.61. The predicted octanol–water partition coefficient (Wildman–Crippen LogP) is 3.87. The molecule has 0 amide bonds. The van der Waals surface area contributed by atoms with Gasteiger partial charge in [0.15, 0.2) is 0 Å². The lowest BCUT2D eigenvalue weighted by atomic mass is 10.1. The van der Waals surface area contributed by atoms with Gasteiger partial charge in [0.25, 0.3) is 0 Å². The van der Waals surface area contributed by atoms with Crippen molar-refractivity contribution in [2.24, 2.45) is 0 Å². The summed E-state index contributed by atoms with van der Waals surface area (Å²) in [6.07, 6.45) is 5.12. The fourth-order valence-corrected chi connectivity index (χ4v) is 4.36. The first-order valence-corrected chi connectivity index (χ1v) is 9.15. The van der Waals surface area contributed by atoms with Crippen LogP contribution >= 0.6 is 11.6 Å². The van der Waals surface area contributed by atoms with Gasteiger partial charge in [0.05, 0.1) is 6.04 Å². The summed E-state index contributed by atoms with van der Waals surface area (Å²) in [5.74, 6) is 3.06. The number of aromatic hydroxyl groups is 1. The highest BCUT2D eigenvalue weighted by atomic mass is 35.5. The van der Waals surface area contributed by atoms with E-state index in [1.165, 1.54) is 31.5 Å². The van der Waals surface area contributed by atoms with Gasteiger partial charge in [-0.05, 0) is 43.5 Å². The fourth-order valence-electron chi connectivity index (χ4n) is 4.11. The number of benzene rings is 1. The molecule has 1 aliphatic heterocycles. The van der Waals surface area contributed by atoms with Gasteiger partial charge in [-0.2, -0.15) is 0 Å². The minimum absolute atomic E-state index is 0.211. The molecule has 2 aromatic rings. The van der Waals surface area contributed by atoms with Gasteiger partial charge in [-0.15, -0.1) is 10.2 Å². The van der Waals surface area contributed by atoms with Crippen molar-refractivity contribution in [2.45, 2.75) is 57.7 Å². The molecule has 1 unspecified atom stereocenters. The number of nitrogens with zero attached hydrogens (tertiary/aromatic N) is 4. The number of phenolic OH excluding ortho intramolecular Hbond substituents is 1. The zero-order chi connectivity index (χ0) is 16.7. The highest BCUT2D eigenvalue weighted by molar-refractivity contribution is 6.30. The highest BCUT2D eigenvalue weighted by Crippen LogP contribution is 2.36. The lowest BCUT2D eigenvalue weighted by molar-refractivity contribution is 0.154. The molecule has 2 heterocycles. The van der Waals surface area contributed by atoms with Gasteiger partial charge >= 0.3 is 0 Å². The van der Waals surface area contributed by atoms with Crippen LogP contribution in [0.3, 0.4) is 0 Å². The second-order valence-electron chi connectivity index (χ2n) is 7.01. The van der Waals surface area contributed by atoms with Crippen LogP contribution in [-0.2, 0) is 13.1 Å². The molecule has 1 aromatic heterocycles. The molecule has 1 N–H and O–H groups in total. The van der Waals surface area contributed by atoms with Crippen LogP contribution in [0.5, 0.6) is 5.75 Å². The number of hydrogen-bond acceptors (Lipinski definition) is 4. The summed E-state index contributed by atoms with van der Waals surface area (Å²) in [6, 6.07) is 5.47. The molecule has 2 aliphatic rings. The van der Waals surface area contributed by atoms with Gasteiger partial charge in [-0.25, -0.2) is 0 Å². The van der Waals surface area contributed by atoms with Crippen molar-refractivity contribution in [1.29, 1.82) is 0 Å². The van der Waals surface area contributed by atoms with E-state index >= 15 is 0 Å². The Hall–Kier alpha value is -1.59. The molecular weight excluding hydrogens is 324 g/mol. The second-order valence-corrected chi connectivity index (χ2v) is 7.45. The van der Waals surface area contributed by atoms with E-state index in [2.05, 4.69) is 26.6 Å². The molecule has 0 spiro atoms. The van der Waals surface area contributed by atoms with Crippen LogP contribution in [0.25, 0.3) is 0 Å². The molecular formula is C18H23ClN4O. The van der Waals surface area contributed by atoms with Gasteiger partial charge in [0, 0.05) is 30.6 Å². The largest absolute Gasteiger partial charge is 0.508 e. The first kappa shape index (κ1) is 15.9. The van der Waals surface area contributed by atoms with Gasteiger partial charge in [-0.3, -0.25) is 4.90 Å². The third-order valence-electron chi connectivity index (χ3n) is 5.39. The molecule has 0 bridgehead atoms. The number of aromatic nitrogens is 3. The molecule has 6 heteroatoms.